The minimum Gasteiger partial charge on any atom is -0.546 e. The van der Waals surface area contributed by atoms with Crippen molar-refractivity contribution in [1.29, 1.82) is 0 Å². The van der Waals surface area contributed by atoms with Gasteiger partial charge in [-0.15, -0.1) is 0 Å². The predicted octanol–water partition coefficient (Wildman–Crippen LogP) is 2.89. The van der Waals surface area contributed by atoms with Crippen LogP contribution in [0, 0.1) is 6.92 Å². The monoisotopic (exact) mass is 387 g/mol. The summed E-state index contributed by atoms with van der Waals surface area (Å²) in [5.74, 6) is -1.09. The number of nitrogens with one attached hydrogen (secondary N) is 1. The molecule has 0 aromatic heterocycles. The lowest BCUT2D eigenvalue weighted by molar-refractivity contribution is -0.307. The lowest BCUT2D eigenvalue weighted by atomic mass is 10.0. The van der Waals surface area contributed by atoms with E-state index in [4.69, 9.17) is 4.74 Å². The van der Waals surface area contributed by atoms with Crippen molar-refractivity contribution in [2.45, 2.75) is 13.1 Å². The molecule has 3 aromatic rings. The molecule has 3 aromatic carbocycles. The van der Waals surface area contributed by atoms with E-state index in [0.717, 1.165) is 11.3 Å². The van der Waals surface area contributed by atoms with Crippen molar-refractivity contribution >= 4 is 23.3 Å². The van der Waals surface area contributed by atoms with Crippen LogP contribution in [-0.2, 0) is 4.79 Å². The van der Waals surface area contributed by atoms with Crippen LogP contribution in [0.5, 0.6) is 5.75 Å². The van der Waals surface area contributed by atoms with E-state index in [9.17, 15) is 14.7 Å². The van der Waals surface area contributed by atoms with Crippen molar-refractivity contribution in [1.82, 2.24) is 0 Å². The van der Waals surface area contributed by atoms with E-state index >= 15 is 0 Å². The van der Waals surface area contributed by atoms with Gasteiger partial charge in [-0.1, -0.05) is 42.5 Å². The van der Waals surface area contributed by atoms with E-state index in [-0.39, 0.29) is 5.91 Å². The normalized spacial score (nSPS) is 15.4. The molecule has 29 heavy (non-hydrogen) atoms. The zero-order valence-corrected chi connectivity index (χ0v) is 15.8. The van der Waals surface area contributed by atoms with Crippen molar-refractivity contribution in [3.05, 3.63) is 89.5 Å². The number of anilines is 2. The number of rotatable bonds is 5. The number of aliphatic carboxylic acids is 1. The van der Waals surface area contributed by atoms with Crippen molar-refractivity contribution in [3.63, 3.8) is 0 Å². The summed E-state index contributed by atoms with van der Waals surface area (Å²) >= 11 is 0. The van der Waals surface area contributed by atoms with Crippen LogP contribution in [0.1, 0.15) is 27.7 Å². The van der Waals surface area contributed by atoms with E-state index in [1.807, 2.05) is 61.5 Å². The molecule has 0 fully saturated rings. The Morgan fingerprint density at radius 3 is 2.62 bits per heavy atom. The number of ether oxygens (including phenoxy) is 1. The molecular formula is C23H19N2O4-. The summed E-state index contributed by atoms with van der Waals surface area (Å²) in [6, 6.07) is 22.0. The number of carbonyl (C=O) groups is 2. The largest absolute Gasteiger partial charge is 0.546 e. The maximum atomic E-state index is 13.4. The van der Waals surface area contributed by atoms with Crippen LogP contribution >= 0.6 is 0 Å². The SMILES string of the molecule is Cc1cccc(N2C(=O)c3ccccc3N[C@H]2c2ccccc2OCC(=O)[O-])c1. The molecule has 1 aliphatic rings. The van der Waals surface area contributed by atoms with E-state index in [1.54, 1.807) is 23.1 Å². The topological polar surface area (TPSA) is 81.7 Å². The molecule has 0 spiro atoms. The van der Waals surface area contributed by atoms with Crippen molar-refractivity contribution in [2.24, 2.45) is 0 Å². The number of para-hydroxylation sites is 2. The second kappa shape index (κ2) is 7.67. The van der Waals surface area contributed by atoms with E-state index in [0.29, 0.717) is 22.6 Å². The first-order chi connectivity index (χ1) is 14.0. The fourth-order valence-corrected chi connectivity index (χ4v) is 3.49. The second-order valence-corrected chi connectivity index (χ2v) is 6.81. The van der Waals surface area contributed by atoms with Gasteiger partial charge in [-0.2, -0.15) is 0 Å². The molecular weight excluding hydrogens is 368 g/mol. The molecule has 0 unspecified atom stereocenters. The van der Waals surface area contributed by atoms with Gasteiger partial charge >= 0.3 is 0 Å². The summed E-state index contributed by atoms with van der Waals surface area (Å²) in [6.45, 7) is 1.39. The van der Waals surface area contributed by atoms with Gasteiger partial charge in [0.2, 0.25) is 0 Å². The summed E-state index contributed by atoms with van der Waals surface area (Å²) in [6.07, 6.45) is -0.572. The highest BCUT2D eigenvalue weighted by atomic mass is 16.5. The molecule has 0 aliphatic carbocycles. The number of nitrogens with zero attached hydrogens (tertiary/aromatic N) is 1. The number of carbonyl (C=O) groups excluding carboxylic acids is 2. The first kappa shape index (κ1) is 18.6. The Labute approximate surface area is 168 Å². The molecule has 1 N–H and O–H groups in total. The predicted molar refractivity (Wildman–Crippen MR) is 108 cm³/mol. The first-order valence-electron chi connectivity index (χ1n) is 9.22. The number of carboxylic acid groups (broad SMARTS) is 1. The number of hydrogen-bond acceptors (Lipinski definition) is 5. The lowest BCUT2D eigenvalue weighted by Crippen LogP contribution is -2.43. The van der Waals surface area contributed by atoms with Crippen LogP contribution in [0.3, 0.4) is 0 Å². The Bertz CT molecular complexity index is 1080. The Balaban J connectivity index is 1.84. The zero-order chi connectivity index (χ0) is 20.4. The van der Waals surface area contributed by atoms with Crippen LogP contribution in [-0.4, -0.2) is 18.5 Å². The van der Waals surface area contributed by atoms with Crippen molar-refractivity contribution in [3.8, 4) is 5.75 Å². The highest BCUT2D eigenvalue weighted by molar-refractivity contribution is 6.12. The van der Waals surface area contributed by atoms with Gasteiger partial charge in [-0.3, -0.25) is 9.69 Å². The number of aryl methyl sites for hydroxylation is 1. The average molecular weight is 387 g/mol. The molecule has 1 atom stereocenters. The lowest BCUT2D eigenvalue weighted by Gasteiger charge is -2.38. The Hall–Kier alpha value is -3.80. The van der Waals surface area contributed by atoms with Crippen LogP contribution in [0.4, 0.5) is 11.4 Å². The Morgan fingerprint density at radius 2 is 1.83 bits per heavy atom. The summed E-state index contributed by atoms with van der Waals surface area (Å²) in [5, 5.41) is 14.3. The fraction of sp³-hybridized carbons (Fsp3) is 0.130. The highest BCUT2D eigenvalue weighted by Crippen LogP contribution is 2.39. The molecule has 4 rings (SSSR count). The van der Waals surface area contributed by atoms with E-state index in [2.05, 4.69) is 5.32 Å². The third-order valence-electron chi connectivity index (χ3n) is 4.77. The van der Waals surface area contributed by atoms with Crippen LogP contribution in [0.2, 0.25) is 0 Å². The van der Waals surface area contributed by atoms with Gasteiger partial charge in [-0.25, -0.2) is 0 Å². The number of benzene rings is 3. The third kappa shape index (κ3) is 3.65. The number of carboxylic acids is 1. The van der Waals surface area contributed by atoms with Gasteiger partial charge in [-0.05, 0) is 42.8 Å². The van der Waals surface area contributed by atoms with Crippen molar-refractivity contribution in [2.75, 3.05) is 16.8 Å². The summed E-state index contributed by atoms with van der Waals surface area (Å²) < 4.78 is 5.44. The van der Waals surface area contributed by atoms with Gasteiger partial charge in [0.25, 0.3) is 5.91 Å². The van der Waals surface area contributed by atoms with Gasteiger partial charge < -0.3 is 20.0 Å². The minimum atomic E-state index is -1.31. The van der Waals surface area contributed by atoms with Gasteiger partial charge in [0, 0.05) is 16.9 Å². The smallest absolute Gasteiger partial charge is 0.262 e. The maximum absolute atomic E-state index is 13.4. The third-order valence-corrected chi connectivity index (χ3v) is 4.77. The number of fused-ring (bicyclic) bond motifs is 1. The quantitative estimate of drug-likeness (QED) is 0.728. The molecule has 0 saturated heterocycles. The van der Waals surface area contributed by atoms with E-state index < -0.39 is 18.7 Å². The molecule has 0 radical (unpaired) electrons. The Kier molecular flexibility index (Phi) is 4.91. The molecule has 1 amide bonds. The molecule has 6 nitrogen and oxygen atoms in total. The molecule has 1 heterocycles. The minimum absolute atomic E-state index is 0.148. The van der Waals surface area contributed by atoms with Gasteiger partial charge in [0.15, 0.2) is 0 Å². The molecule has 0 saturated carbocycles. The van der Waals surface area contributed by atoms with Crippen molar-refractivity contribution < 1.29 is 19.4 Å². The Morgan fingerprint density at radius 1 is 1.07 bits per heavy atom. The van der Waals surface area contributed by atoms with Gasteiger partial charge in [0.1, 0.15) is 18.5 Å². The standard InChI is InChI=1S/C23H20N2O4/c1-15-7-6-8-16(13-15)25-22(24-19-11-4-2-9-17(19)23(25)28)18-10-3-5-12-20(18)29-14-21(26)27/h2-13,22,24H,14H2,1H3,(H,26,27)/p-1/t22-/m1/s1. The fourth-order valence-electron chi connectivity index (χ4n) is 3.49. The van der Waals surface area contributed by atoms with Crippen LogP contribution in [0.15, 0.2) is 72.8 Å². The summed E-state index contributed by atoms with van der Waals surface area (Å²) in [5.41, 5.74) is 3.68. The zero-order valence-electron chi connectivity index (χ0n) is 15.8. The number of hydrogen-bond donors (Lipinski definition) is 1. The van der Waals surface area contributed by atoms with E-state index in [1.165, 1.54) is 0 Å². The molecule has 0 bridgehead atoms. The maximum Gasteiger partial charge on any atom is 0.262 e. The molecule has 146 valence electrons. The number of amides is 1. The van der Waals surface area contributed by atoms with Crippen LogP contribution in [0.25, 0.3) is 0 Å². The molecule has 6 heteroatoms. The average Bonchev–Trinajstić information content (AvgIpc) is 2.72. The summed E-state index contributed by atoms with van der Waals surface area (Å²) in [7, 11) is 0. The van der Waals surface area contributed by atoms with Gasteiger partial charge in [0.05, 0.1) is 11.5 Å². The molecule has 1 aliphatic heterocycles. The highest BCUT2D eigenvalue weighted by Gasteiger charge is 2.35. The first-order valence-corrected chi connectivity index (χ1v) is 9.22. The summed E-state index contributed by atoms with van der Waals surface area (Å²) in [4.78, 5) is 26.0. The second-order valence-electron chi connectivity index (χ2n) is 6.81. The van der Waals surface area contributed by atoms with Crippen LogP contribution < -0.4 is 20.1 Å².